The summed E-state index contributed by atoms with van der Waals surface area (Å²) in [5.74, 6) is -0.624. The largest absolute Gasteiger partial charge is 0.451 e. The number of nitrogens with zero attached hydrogens (tertiary/aromatic N) is 4. The van der Waals surface area contributed by atoms with E-state index in [1.54, 1.807) is 47.1 Å². The van der Waals surface area contributed by atoms with Crippen LogP contribution in [0.4, 0.5) is 4.39 Å². The lowest BCUT2D eigenvalue weighted by Crippen LogP contribution is -2.50. The lowest BCUT2D eigenvalue weighted by atomic mass is 10.0. The van der Waals surface area contributed by atoms with E-state index in [2.05, 4.69) is 10.1 Å². The molecule has 2 amide bonds. The first-order valence-corrected chi connectivity index (χ1v) is 11.6. The van der Waals surface area contributed by atoms with Gasteiger partial charge in [0, 0.05) is 37.1 Å². The summed E-state index contributed by atoms with van der Waals surface area (Å²) in [6.07, 6.45) is 0. The van der Waals surface area contributed by atoms with Crippen molar-refractivity contribution >= 4 is 33.9 Å². The quantitative estimate of drug-likeness (QED) is 0.369. The molecule has 1 fully saturated rings. The zero-order valence-corrected chi connectivity index (χ0v) is 19.4. The first-order chi connectivity index (χ1) is 17.5. The molecule has 1 aliphatic rings. The van der Waals surface area contributed by atoms with E-state index >= 15 is 0 Å². The maximum absolute atomic E-state index is 14.5. The number of aromatic nitrogens is 2. The summed E-state index contributed by atoms with van der Waals surface area (Å²) in [7, 11) is 0. The molecular weight excluding hydrogens is 463 g/mol. The van der Waals surface area contributed by atoms with Gasteiger partial charge in [0.1, 0.15) is 11.4 Å². The average Bonchev–Trinajstić information content (AvgIpc) is 3.51. The highest BCUT2D eigenvalue weighted by Gasteiger charge is 2.29. The first kappa shape index (κ1) is 22.0. The van der Waals surface area contributed by atoms with Gasteiger partial charge in [-0.2, -0.15) is 0 Å². The van der Waals surface area contributed by atoms with E-state index in [0.717, 1.165) is 5.39 Å². The summed E-state index contributed by atoms with van der Waals surface area (Å²) in [4.78, 5) is 34.4. The Hall–Kier alpha value is -4.53. The number of para-hydroxylation sites is 1. The number of pyridine rings is 1. The van der Waals surface area contributed by atoms with Crippen LogP contribution >= 0.6 is 0 Å². The van der Waals surface area contributed by atoms with Crippen molar-refractivity contribution in [2.24, 2.45) is 0 Å². The Labute approximate surface area is 204 Å². The maximum atomic E-state index is 14.5. The third kappa shape index (κ3) is 3.69. The van der Waals surface area contributed by atoms with Crippen LogP contribution in [0.2, 0.25) is 0 Å². The predicted molar refractivity (Wildman–Crippen MR) is 130 cm³/mol. The number of fused-ring (bicyclic) bond motifs is 2. The van der Waals surface area contributed by atoms with Crippen LogP contribution in [0.25, 0.3) is 33.3 Å². The molecule has 0 bridgehead atoms. The van der Waals surface area contributed by atoms with Crippen molar-refractivity contribution in [1.82, 2.24) is 19.9 Å². The number of piperazine rings is 1. The molecule has 0 spiro atoms. The van der Waals surface area contributed by atoms with E-state index in [1.165, 1.54) is 6.07 Å². The van der Waals surface area contributed by atoms with Crippen molar-refractivity contribution in [2.75, 3.05) is 26.2 Å². The Bertz CT molecular complexity index is 1600. The summed E-state index contributed by atoms with van der Waals surface area (Å²) in [5, 5.41) is 5.33. The molecule has 0 N–H and O–H groups in total. The molecule has 9 heteroatoms. The fourth-order valence-electron chi connectivity index (χ4n) is 4.60. The molecule has 1 saturated heterocycles. The summed E-state index contributed by atoms with van der Waals surface area (Å²) >= 11 is 0. The Morgan fingerprint density at radius 2 is 1.61 bits per heavy atom. The van der Waals surface area contributed by atoms with Crippen molar-refractivity contribution in [3.05, 3.63) is 83.5 Å². The topological polar surface area (TPSA) is 92.7 Å². The number of furan rings is 1. The number of hydrogen-bond donors (Lipinski definition) is 0. The molecule has 1 aliphatic heterocycles. The van der Waals surface area contributed by atoms with Crippen LogP contribution in [0.3, 0.4) is 0 Å². The molecule has 0 atom stereocenters. The van der Waals surface area contributed by atoms with Crippen LogP contribution in [-0.4, -0.2) is 57.9 Å². The average molecular weight is 484 g/mol. The summed E-state index contributed by atoms with van der Waals surface area (Å²) < 4.78 is 25.5. The van der Waals surface area contributed by atoms with Gasteiger partial charge in [-0.05, 0) is 37.3 Å². The molecule has 36 heavy (non-hydrogen) atoms. The van der Waals surface area contributed by atoms with Gasteiger partial charge < -0.3 is 18.7 Å². The number of amides is 2. The molecule has 3 aromatic heterocycles. The Kier molecular flexibility index (Phi) is 5.25. The highest BCUT2D eigenvalue weighted by molar-refractivity contribution is 6.07. The fraction of sp³-hybridized carbons (Fsp3) is 0.185. The number of benzene rings is 2. The van der Waals surface area contributed by atoms with E-state index in [-0.39, 0.29) is 28.9 Å². The van der Waals surface area contributed by atoms with E-state index in [1.807, 2.05) is 24.3 Å². The molecule has 2 aromatic carbocycles. The van der Waals surface area contributed by atoms with E-state index < -0.39 is 5.82 Å². The number of hydrogen-bond acceptors (Lipinski definition) is 6. The molecule has 0 radical (unpaired) electrons. The highest BCUT2D eigenvalue weighted by Crippen LogP contribution is 2.29. The van der Waals surface area contributed by atoms with Gasteiger partial charge in [-0.1, -0.05) is 35.5 Å². The molecule has 4 heterocycles. The predicted octanol–water partition coefficient (Wildman–Crippen LogP) is 4.68. The second-order valence-corrected chi connectivity index (χ2v) is 8.72. The second-order valence-electron chi connectivity index (χ2n) is 8.72. The summed E-state index contributed by atoms with van der Waals surface area (Å²) in [6, 6.07) is 17.0. The summed E-state index contributed by atoms with van der Waals surface area (Å²) in [6.45, 7) is 3.14. The van der Waals surface area contributed by atoms with Crippen LogP contribution in [-0.2, 0) is 0 Å². The molecule has 0 aliphatic carbocycles. The second kappa shape index (κ2) is 8.60. The minimum Gasteiger partial charge on any atom is -0.451 e. The van der Waals surface area contributed by atoms with Crippen LogP contribution in [0.5, 0.6) is 0 Å². The Balaban J connectivity index is 1.25. The minimum atomic E-state index is -0.447. The minimum absolute atomic E-state index is 0.176. The molecule has 0 unspecified atom stereocenters. The van der Waals surface area contributed by atoms with Gasteiger partial charge in [-0.25, -0.2) is 9.37 Å². The summed E-state index contributed by atoms with van der Waals surface area (Å²) in [5.41, 5.74) is 2.26. The maximum Gasteiger partial charge on any atom is 0.289 e. The van der Waals surface area contributed by atoms with Gasteiger partial charge in [0.2, 0.25) is 0 Å². The lowest BCUT2D eigenvalue weighted by molar-refractivity contribution is 0.0520. The molecule has 5 aromatic rings. The molecule has 180 valence electrons. The van der Waals surface area contributed by atoms with Crippen molar-refractivity contribution in [1.29, 1.82) is 0 Å². The normalized spacial score (nSPS) is 14.1. The lowest BCUT2D eigenvalue weighted by Gasteiger charge is -2.34. The van der Waals surface area contributed by atoms with Crippen molar-refractivity contribution < 1.29 is 22.9 Å². The molecular formula is C27H21FN4O4. The SMILES string of the molecule is Cc1noc2nc(-c3ccccc3F)cc(C(=O)N3CCN(C(=O)c4cc5ccccc5o4)CC3)c12. The van der Waals surface area contributed by atoms with Gasteiger partial charge in [0.15, 0.2) is 5.76 Å². The van der Waals surface area contributed by atoms with Crippen LogP contribution in [0, 0.1) is 12.7 Å². The molecule has 8 nitrogen and oxygen atoms in total. The molecule has 6 rings (SSSR count). The number of aryl methyl sites for hydroxylation is 1. The third-order valence-corrected chi connectivity index (χ3v) is 6.49. The van der Waals surface area contributed by atoms with Gasteiger partial charge in [-0.3, -0.25) is 9.59 Å². The van der Waals surface area contributed by atoms with Gasteiger partial charge in [0.05, 0.1) is 22.3 Å². The van der Waals surface area contributed by atoms with Crippen LogP contribution in [0.15, 0.2) is 69.6 Å². The third-order valence-electron chi connectivity index (χ3n) is 6.49. The van der Waals surface area contributed by atoms with E-state index in [9.17, 15) is 14.0 Å². The standard InChI is InChI=1S/C27H21FN4O4/c1-16-24-19(15-21(29-25(24)36-30-16)18-7-3-4-8-20(18)28)26(33)31-10-12-32(13-11-31)27(34)23-14-17-6-2-5-9-22(17)35-23/h2-9,14-15H,10-13H2,1H3. The van der Waals surface area contributed by atoms with Crippen molar-refractivity contribution in [3.8, 4) is 11.3 Å². The number of halogens is 1. The van der Waals surface area contributed by atoms with Crippen molar-refractivity contribution in [2.45, 2.75) is 6.92 Å². The fourth-order valence-corrected chi connectivity index (χ4v) is 4.60. The van der Waals surface area contributed by atoms with E-state index in [0.29, 0.717) is 54.1 Å². The van der Waals surface area contributed by atoms with Crippen molar-refractivity contribution in [3.63, 3.8) is 0 Å². The smallest absolute Gasteiger partial charge is 0.289 e. The number of carbonyl (C=O) groups is 2. The van der Waals surface area contributed by atoms with Crippen LogP contribution in [0.1, 0.15) is 26.6 Å². The van der Waals surface area contributed by atoms with Crippen LogP contribution < -0.4 is 0 Å². The van der Waals surface area contributed by atoms with E-state index in [4.69, 9.17) is 8.94 Å². The van der Waals surface area contributed by atoms with Gasteiger partial charge in [0.25, 0.3) is 17.5 Å². The van der Waals surface area contributed by atoms with Gasteiger partial charge in [-0.15, -0.1) is 0 Å². The van der Waals surface area contributed by atoms with Gasteiger partial charge >= 0.3 is 0 Å². The zero-order chi connectivity index (χ0) is 24.8. The first-order valence-electron chi connectivity index (χ1n) is 11.6. The zero-order valence-electron chi connectivity index (χ0n) is 19.4. The number of carbonyl (C=O) groups excluding carboxylic acids is 2. The number of rotatable bonds is 3. The molecule has 0 saturated carbocycles. The Morgan fingerprint density at radius 1 is 0.917 bits per heavy atom. The Morgan fingerprint density at radius 3 is 2.36 bits per heavy atom. The monoisotopic (exact) mass is 484 g/mol. The highest BCUT2D eigenvalue weighted by atomic mass is 19.1.